The Labute approximate surface area is 196 Å². The van der Waals surface area contributed by atoms with E-state index in [2.05, 4.69) is 12.2 Å². The smallest absolute Gasteiger partial charge is 0.133 e. The van der Waals surface area contributed by atoms with Gasteiger partial charge in [0.2, 0.25) is 0 Å². The molecule has 0 amide bonds. The first-order chi connectivity index (χ1) is 15.5. The SMILES string of the molecule is CC.CC.CCCOCCNC.Cc1cc(CCC=O)cc(C)c1Oc1ccc(O)cc1. The highest BCUT2D eigenvalue weighted by Crippen LogP contribution is 2.30. The van der Waals surface area contributed by atoms with Gasteiger partial charge in [0.05, 0.1) is 6.61 Å². The van der Waals surface area contributed by atoms with Crippen LogP contribution in [0.1, 0.15) is 64.2 Å². The number of phenolic OH excluding ortho intramolecular Hbond substituents is 1. The quantitative estimate of drug-likeness (QED) is 0.316. The average Bonchev–Trinajstić information content (AvgIpc) is 2.82. The minimum Gasteiger partial charge on any atom is -0.508 e. The highest BCUT2D eigenvalue weighted by Gasteiger charge is 2.08. The minimum absolute atomic E-state index is 0.218. The number of nitrogens with one attached hydrogen (secondary N) is 1. The second-order valence-corrected chi connectivity index (χ2v) is 6.58. The van der Waals surface area contributed by atoms with Crippen LogP contribution in [0.4, 0.5) is 0 Å². The summed E-state index contributed by atoms with van der Waals surface area (Å²) < 4.78 is 11.0. The molecule has 0 heterocycles. The summed E-state index contributed by atoms with van der Waals surface area (Å²) in [5, 5.41) is 12.3. The van der Waals surface area contributed by atoms with E-state index in [0.29, 0.717) is 12.2 Å². The molecule has 0 aliphatic heterocycles. The van der Waals surface area contributed by atoms with Crippen molar-refractivity contribution in [1.82, 2.24) is 5.32 Å². The fraction of sp³-hybridized carbons (Fsp3) is 0.519. The maximum Gasteiger partial charge on any atom is 0.133 e. The highest BCUT2D eigenvalue weighted by molar-refractivity contribution is 5.51. The zero-order valence-corrected chi connectivity index (χ0v) is 21.5. The number of carbonyl (C=O) groups excluding carboxylic acids is 1. The summed E-state index contributed by atoms with van der Waals surface area (Å²) in [5.41, 5.74) is 3.23. The largest absolute Gasteiger partial charge is 0.508 e. The molecule has 2 rings (SSSR count). The molecule has 0 aliphatic carbocycles. The van der Waals surface area contributed by atoms with E-state index in [-0.39, 0.29) is 5.75 Å². The molecular formula is C27H45NO4. The Morgan fingerprint density at radius 3 is 2.00 bits per heavy atom. The van der Waals surface area contributed by atoms with Crippen molar-refractivity contribution >= 4 is 6.29 Å². The molecule has 0 spiro atoms. The molecule has 2 N–H and O–H groups in total. The molecule has 0 unspecified atom stereocenters. The maximum absolute atomic E-state index is 10.4. The molecule has 0 saturated heterocycles. The Kier molecular flexibility index (Phi) is 21.7. The van der Waals surface area contributed by atoms with Crippen LogP contribution in [-0.2, 0) is 16.0 Å². The summed E-state index contributed by atoms with van der Waals surface area (Å²) in [6.45, 7) is 16.8. The summed E-state index contributed by atoms with van der Waals surface area (Å²) in [5.74, 6) is 1.73. The average molecular weight is 448 g/mol. The molecule has 0 radical (unpaired) electrons. The van der Waals surface area contributed by atoms with Crippen molar-refractivity contribution in [2.75, 3.05) is 26.8 Å². The lowest BCUT2D eigenvalue weighted by atomic mass is 10.0. The van der Waals surface area contributed by atoms with Crippen molar-refractivity contribution in [3.05, 3.63) is 53.1 Å². The van der Waals surface area contributed by atoms with Crippen LogP contribution in [0, 0.1) is 13.8 Å². The van der Waals surface area contributed by atoms with Crippen LogP contribution >= 0.6 is 0 Å². The lowest BCUT2D eigenvalue weighted by molar-refractivity contribution is -0.107. The van der Waals surface area contributed by atoms with Gasteiger partial charge < -0.3 is 24.7 Å². The first-order valence-electron chi connectivity index (χ1n) is 11.7. The van der Waals surface area contributed by atoms with Gasteiger partial charge in [-0.05, 0) is 74.7 Å². The van der Waals surface area contributed by atoms with Crippen molar-refractivity contribution in [1.29, 1.82) is 0 Å². The van der Waals surface area contributed by atoms with E-state index in [1.807, 2.05) is 60.7 Å². The van der Waals surface area contributed by atoms with Gasteiger partial charge in [0.25, 0.3) is 0 Å². The van der Waals surface area contributed by atoms with Gasteiger partial charge in [-0.2, -0.15) is 0 Å². The van der Waals surface area contributed by atoms with Gasteiger partial charge >= 0.3 is 0 Å². The van der Waals surface area contributed by atoms with E-state index < -0.39 is 0 Å². The van der Waals surface area contributed by atoms with Gasteiger partial charge in [0.1, 0.15) is 23.5 Å². The Hall–Kier alpha value is -2.37. The Morgan fingerprint density at radius 1 is 0.969 bits per heavy atom. The standard InChI is InChI=1S/C17H18O3.C6H15NO.2C2H6/c1-12-10-14(4-3-9-18)11-13(2)17(12)20-16-7-5-15(19)6-8-16;1-3-5-8-6-4-7-2;2*1-2/h5-11,19H,3-4H2,1-2H3;7H,3-6H2,1-2H3;2*1-2H3. The molecular weight excluding hydrogens is 402 g/mol. The highest BCUT2D eigenvalue weighted by atomic mass is 16.5. The first-order valence-corrected chi connectivity index (χ1v) is 11.7. The fourth-order valence-electron chi connectivity index (χ4n) is 2.62. The normalized spacial score (nSPS) is 9.25. The third kappa shape index (κ3) is 14.6. The maximum atomic E-state index is 10.4. The van der Waals surface area contributed by atoms with Crippen LogP contribution in [0.5, 0.6) is 17.2 Å². The third-order valence-electron chi connectivity index (χ3n) is 3.97. The number of hydrogen-bond acceptors (Lipinski definition) is 5. The fourth-order valence-corrected chi connectivity index (χ4v) is 2.62. The van der Waals surface area contributed by atoms with Gasteiger partial charge in [-0.3, -0.25) is 0 Å². The Bertz CT molecular complexity index is 670. The summed E-state index contributed by atoms with van der Waals surface area (Å²) in [6, 6.07) is 10.7. The molecule has 0 aromatic heterocycles. The third-order valence-corrected chi connectivity index (χ3v) is 3.97. The van der Waals surface area contributed by atoms with Crippen LogP contribution in [0.3, 0.4) is 0 Å². The van der Waals surface area contributed by atoms with Gasteiger partial charge in [0, 0.05) is 19.6 Å². The molecule has 0 atom stereocenters. The van der Waals surface area contributed by atoms with E-state index >= 15 is 0 Å². The molecule has 0 saturated carbocycles. The molecule has 0 bridgehead atoms. The second kappa shape index (κ2) is 21.8. The number of hydrogen-bond donors (Lipinski definition) is 2. The Balaban J connectivity index is 0. The number of carbonyl (C=O) groups is 1. The lowest BCUT2D eigenvalue weighted by Gasteiger charge is -2.13. The van der Waals surface area contributed by atoms with Crippen molar-refractivity contribution in [3.63, 3.8) is 0 Å². The van der Waals surface area contributed by atoms with E-state index in [9.17, 15) is 9.90 Å². The van der Waals surface area contributed by atoms with Gasteiger partial charge in [-0.25, -0.2) is 0 Å². The zero-order valence-electron chi connectivity index (χ0n) is 21.5. The predicted molar refractivity (Wildman–Crippen MR) is 136 cm³/mol. The van der Waals surface area contributed by atoms with Crippen molar-refractivity contribution in [2.24, 2.45) is 0 Å². The summed E-state index contributed by atoms with van der Waals surface area (Å²) in [6.07, 6.45) is 3.34. The molecule has 5 nitrogen and oxygen atoms in total. The number of aromatic hydroxyl groups is 1. The molecule has 0 aliphatic rings. The molecule has 32 heavy (non-hydrogen) atoms. The van der Waals surface area contributed by atoms with E-state index in [0.717, 1.165) is 61.3 Å². The topological polar surface area (TPSA) is 67.8 Å². The van der Waals surface area contributed by atoms with Gasteiger partial charge in [0.15, 0.2) is 0 Å². The van der Waals surface area contributed by atoms with Gasteiger partial charge in [-0.1, -0.05) is 46.8 Å². The van der Waals surface area contributed by atoms with Crippen LogP contribution in [0.25, 0.3) is 0 Å². The number of rotatable bonds is 10. The molecule has 0 fully saturated rings. The minimum atomic E-state index is 0.218. The molecule has 2 aromatic rings. The number of benzene rings is 2. The van der Waals surface area contributed by atoms with Crippen LogP contribution < -0.4 is 10.1 Å². The molecule has 182 valence electrons. The first kappa shape index (κ1) is 31.8. The number of aldehydes is 1. The number of ether oxygens (including phenoxy) is 2. The summed E-state index contributed by atoms with van der Waals surface area (Å²) >= 11 is 0. The lowest BCUT2D eigenvalue weighted by Crippen LogP contribution is -2.14. The van der Waals surface area contributed by atoms with Crippen molar-refractivity contribution in [3.8, 4) is 17.2 Å². The van der Waals surface area contributed by atoms with Crippen LogP contribution in [0.15, 0.2) is 36.4 Å². The number of likely N-dealkylation sites (N-methyl/N-ethyl adjacent to an activating group) is 1. The van der Waals surface area contributed by atoms with Crippen LogP contribution in [0.2, 0.25) is 0 Å². The number of phenols is 1. The van der Waals surface area contributed by atoms with E-state index in [1.54, 1.807) is 24.3 Å². The monoisotopic (exact) mass is 447 g/mol. The van der Waals surface area contributed by atoms with Crippen molar-refractivity contribution in [2.45, 2.75) is 67.7 Å². The second-order valence-electron chi connectivity index (χ2n) is 6.58. The molecule has 5 heteroatoms. The summed E-state index contributed by atoms with van der Waals surface area (Å²) in [7, 11) is 1.93. The van der Waals surface area contributed by atoms with E-state index in [1.165, 1.54) is 0 Å². The predicted octanol–water partition coefficient (Wildman–Crippen LogP) is 6.62. The van der Waals surface area contributed by atoms with E-state index in [4.69, 9.17) is 9.47 Å². The van der Waals surface area contributed by atoms with Gasteiger partial charge in [-0.15, -0.1) is 0 Å². The Morgan fingerprint density at radius 2 is 1.53 bits per heavy atom. The molecule has 2 aromatic carbocycles. The number of aryl methyl sites for hydroxylation is 3. The van der Waals surface area contributed by atoms with Crippen LogP contribution in [-0.4, -0.2) is 38.2 Å². The summed E-state index contributed by atoms with van der Waals surface area (Å²) in [4.78, 5) is 10.4. The zero-order chi connectivity index (χ0) is 24.8. The van der Waals surface area contributed by atoms with Crippen molar-refractivity contribution < 1.29 is 19.4 Å².